The molecule has 1 aromatic rings. The van der Waals surface area contributed by atoms with E-state index in [4.69, 9.17) is 0 Å². The van der Waals surface area contributed by atoms with Crippen molar-refractivity contribution in [3.05, 3.63) is 29.8 Å². The third kappa shape index (κ3) is 6.20. The maximum absolute atomic E-state index is 13.4. The van der Waals surface area contributed by atoms with Crippen LogP contribution in [0.4, 0.5) is 13.2 Å². The molecule has 2 aliphatic heterocycles. The first-order chi connectivity index (χ1) is 14.7. The minimum atomic E-state index is -4.75. The summed E-state index contributed by atoms with van der Waals surface area (Å²) in [6.45, 7) is 2.16. The zero-order valence-electron chi connectivity index (χ0n) is 17.5. The molecule has 1 amide bonds. The molecule has 6 nitrogen and oxygen atoms in total. The van der Waals surface area contributed by atoms with Crippen LogP contribution in [-0.4, -0.2) is 62.3 Å². The minimum absolute atomic E-state index is 0.000251. The first kappa shape index (κ1) is 24.0. The van der Waals surface area contributed by atoms with E-state index in [9.17, 15) is 26.4 Å². The van der Waals surface area contributed by atoms with E-state index in [0.717, 1.165) is 37.9 Å². The molecule has 174 valence electrons. The van der Waals surface area contributed by atoms with E-state index in [1.807, 2.05) is 0 Å². The number of rotatable bonds is 2. The number of hydrogen-bond donors (Lipinski definition) is 1. The Bertz CT molecular complexity index is 861. The summed E-state index contributed by atoms with van der Waals surface area (Å²) in [5.41, 5.74) is -1.14. The van der Waals surface area contributed by atoms with Crippen LogP contribution >= 0.6 is 0 Å². The average Bonchev–Trinajstić information content (AvgIpc) is 2.73. The van der Waals surface area contributed by atoms with Gasteiger partial charge < -0.3 is 5.32 Å². The van der Waals surface area contributed by atoms with Crippen LogP contribution in [0.25, 0.3) is 0 Å². The third-order valence-corrected chi connectivity index (χ3v) is 7.95. The second kappa shape index (κ2) is 10.3. The predicted molar refractivity (Wildman–Crippen MR) is 111 cm³/mol. The van der Waals surface area contributed by atoms with Crippen molar-refractivity contribution in [2.45, 2.75) is 62.1 Å². The van der Waals surface area contributed by atoms with Gasteiger partial charge in [0.2, 0.25) is 15.9 Å². The highest BCUT2D eigenvalue weighted by atomic mass is 32.2. The molecular weight excluding hydrogens is 431 g/mol. The van der Waals surface area contributed by atoms with E-state index in [-0.39, 0.29) is 25.0 Å². The number of nitrogens with one attached hydrogen (secondary N) is 1. The van der Waals surface area contributed by atoms with Gasteiger partial charge in [0.25, 0.3) is 0 Å². The maximum Gasteiger partial charge on any atom is 0.417 e. The minimum Gasteiger partial charge on any atom is -0.356 e. The molecule has 1 atom stereocenters. The number of carbonyl (C=O) groups is 1. The molecule has 0 aromatic heterocycles. The van der Waals surface area contributed by atoms with Gasteiger partial charge in [-0.2, -0.15) is 17.5 Å². The monoisotopic (exact) mass is 461 g/mol. The highest BCUT2D eigenvalue weighted by molar-refractivity contribution is 7.89. The number of sulfonamides is 1. The second-order valence-electron chi connectivity index (χ2n) is 8.20. The quantitative estimate of drug-likeness (QED) is 0.734. The summed E-state index contributed by atoms with van der Waals surface area (Å²) in [4.78, 5) is 13.7. The lowest BCUT2D eigenvalue weighted by atomic mass is 9.98. The zero-order valence-corrected chi connectivity index (χ0v) is 18.3. The zero-order chi connectivity index (χ0) is 22.5. The van der Waals surface area contributed by atoms with Gasteiger partial charge in [-0.15, -0.1) is 0 Å². The number of benzene rings is 1. The van der Waals surface area contributed by atoms with Crippen molar-refractivity contribution < 1.29 is 26.4 Å². The first-order valence-electron chi connectivity index (χ1n) is 10.9. The Hall–Kier alpha value is -1.65. The summed E-state index contributed by atoms with van der Waals surface area (Å²) in [7, 11) is -4.31. The van der Waals surface area contributed by atoms with Crippen molar-refractivity contribution in [1.82, 2.24) is 14.5 Å². The standard InChI is InChI=1S/C21H30F3N3O3S/c22-21(23,24)18-9-1-2-10-19(18)31(29,30)27-14-6-4-11-25-20(28)16-17-8-3-5-12-26(17)13-7-15-27/h1-2,9-10,17H,3-8,11-16H2,(H,25,28). The van der Waals surface area contributed by atoms with Crippen LogP contribution in [0, 0.1) is 0 Å². The van der Waals surface area contributed by atoms with E-state index < -0.39 is 26.7 Å². The van der Waals surface area contributed by atoms with Crippen molar-refractivity contribution in [2.24, 2.45) is 0 Å². The fourth-order valence-electron chi connectivity index (χ4n) is 4.38. The summed E-state index contributed by atoms with van der Waals surface area (Å²) in [5.74, 6) is -0.000251. The van der Waals surface area contributed by atoms with Gasteiger partial charge in [-0.05, 0) is 57.3 Å². The molecule has 0 spiro atoms. The second-order valence-corrected chi connectivity index (χ2v) is 10.1. The Labute approximate surface area is 181 Å². The van der Waals surface area contributed by atoms with Crippen LogP contribution in [0.15, 0.2) is 29.2 Å². The lowest BCUT2D eigenvalue weighted by Crippen LogP contribution is -2.44. The Morgan fingerprint density at radius 1 is 0.935 bits per heavy atom. The van der Waals surface area contributed by atoms with E-state index in [1.165, 1.54) is 16.4 Å². The lowest BCUT2D eigenvalue weighted by Gasteiger charge is -2.35. The van der Waals surface area contributed by atoms with Crippen LogP contribution in [-0.2, 0) is 21.0 Å². The molecule has 0 bridgehead atoms. The number of piperidine rings is 1. The number of amides is 1. The van der Waals surface area contributed by atoms with Crippen LogP contribution in [0.3, 0.4) is 0 Å². The maximum atomic E-state index is 13.4. The molecule has 3 rings (SSSR count). The molecule has 0 saturated carbocycles. The molecule has 0 radical (unpaired) electrons. The summed E-state index contributed by atoms with van der Waals surface area (Å²) in [6.07, 6.45) is 0.219. The Morgan fingerprint density at radius 2 is 1.61 bits per heavy atom. The number of fused-ring (bicyclic) bond motifs is 1. The Balaban J connectivity index is 1.82. The molecule has 10 heteroatoms. The van der Waals surface area contributed by atoms with E-state index in [2.05, 4.69) is 10.2 Å². The molecule has 2 heterocycles. The average molecular weight is 462 g/mol. The summed E-state index contributed by atoms with van der Waals surface area (Å²) >= 11 is 0. The Morgan fingerprint density at radius 3 is 2.39 bits per heavy atom. The molecule has 2 aliphatic rings. The van der Waals surface area contributed by atoms with Crippen molar-refractivity contribution >= 4 is 15.9 Å². The predicted octanol–water partition coefficient (Wildman–Crippen LogP) is 3.24. The molecule has 0 aliphatic carbocycles. The molecule has 1 aromatic carbocycles. The molecular formula is C21H30F3N3O3S. The van der Waals surface area contributed by atoms with E-state index in [1.54, 1.807) is 0 Å². The fourth-order valence-corrected chi connectivity index (χ4v) is 6.11. The van der Waals surface area contributed by atoms with Crippen molar-refractivity contribution in [3.8, 4) is 0 Å². The molecule has 1 unspecified atom stereocenters. The topological polar surface area (TPSA) is 69.7 Å². The first-order valence-corrected chi connectivity index (χ1v) is 12.3. The molecule has 31 heavy (non-hydrogen) atoms. The number of alkyl halides is 3. The highest BCUT2D eigenvalue weighted by Crippen LogP contribution is 2.35. The molecule has 2 fully saturated rings. The van der Waals surface area contributed by atoms with Crippen LogP contribution in [0.2, 0.25) is 0 Å². The number of nitrogens with zero attached hydrogens (tertiary/aromatic N) is 2. The smallest absolute Gasteiger partial charge is 0.356 e. The lowest BCUT2D eigenvalue weighted by molar-refractivity contribution is -0.140. The normalized spacial score (nSPS) is 23.7. The summed E-state index contributed by atoms with van der Waals surface area (Å²) in [5, 5.41) is 2.89. The van der Waals surface area contributed by atoms with Gasteiger partial charge >= 0.3 is 6.18 Å². The van der Waals surface area contributed by atoms with Gasteiger partial charge in [0.1, 0.15) is 0 Å². The van der Waals surface area contributed by atoms with Crippen LogP contribution in [0.5, 0.6) is 0 Å². The largest absolute Gasteiger partial charge is 0.417 e. The Kier molecular flexibility index (Phi) is 7.98. The fraction of sp³-hybridized carbons (Fsp3) is 0.667. The van der Waals surface area contributed by atoms with Crippen LogP contribution in [0.1, 0.15) is 50.5 Å². The van der Waals surface area contributed by atoms with E-state index >= 15 is 0 Å². The molecule has 1 N–H and O–H groups in total. The summed E-state index contributed by atoms with van der Waals surface area (Å²) < 4.78 is 67.9. The third-order valence-electron chi connectivity index (χ3n) is 5.99. The van der Waals surface area contributed by atoms with Gasteiger partial charge in [-0.3, -0.25) is 9.69 Å². The van der Waals surface area contributed by atoms with Gasteiger partial charge in [0.05, 0.1) is 10.5 Å². The van der Waals surface area contributed by atoms with Gasteiger partial charge in [-0.25, -0.2) is 8.42 Å². The van der Waals surface area contributed by atoms with Crippen molar-refractivity contribution in [2.75, 3.05) is 32.7 Å². The number of hydrogen-bond acceptors (Lipinski definition) is 4. The number of halogens is 3. The number of carbonyl (C=O) groups excluding carboxylic acids is 1. The highest BCUT2D eigenvalue weighted by Gasteiger charge is 2.38. The summed E-state index contributed by atoms with van der Waals surface area (Å²) in [6, 6.07) is 4.48. The van der Waals surface area contributed by atoms with E-state index in [0.29, 0.717) is 38.8 Å². The van der Waals surface area contributed by atoms with Crippen molar-refractivity contribution in [3.63, 3.8) is 0 Å². The SMILES string of the molecule is O=C1CC2CCCCN2CCCN(S(=O)(=O)c2ccccc2C(F)(F)F)CCCCN1. The van der Waals surface area contributed by atoms with Gasteiger partial charge in [0.15, 0.2) is 0 Å². The molecule has 2 saturated heterocycles. The van der Waals surface area contributed by atoms with Crippen molar-refractivity contribution in [1.29, 1.82) is 0 Å². The van der Waals surface area contributed by atoms with Crippen LogP contribution < -0.4 is 5.32 Å². The van der Waals surface area contributed by atoms with Gasteiger partial charge in [0, 0.05) is 32.1 Å². The van der Waals surface area contributed by atoms with Gasteiger partial charge in [-0.1, -0.05) is 18.6 Å².